The number of H-pyrrole nitrogens is 1. The molecule has 3 N–H and O–H groups in total. The number of carbonyl (C=O) groups is 3. The Labute approximate surface area is 258 Å². The molecule has 0 saturated heterocycles. The molecule has 6 rings (SSSR count). The third-order valence-corrected chi connectivity index (χ3v) is 12.0. The quantitative estimate of drug-likeness (QED) is 0.287. The first-order valence-corrected chi connectivity index (χ1v) is 16.1. The molecule has 4 aliphatic rings. The summed E-state index contributed by atoms with van der Waals surface area (Å²) in [5.74, 6) is 0.366. The van der Waals surface area contributed by atoms with Crippen molar-refractivity contribution in [2.75, 3.05) is 13.7 Å². The molecule has 3 saturated carbocycles. The van der Waals surface area contributed by atoms with Crippen molar-refractivity contribution in [2.45, 2.75) is 90.2 Å². The van der Waals surface area contributed by atoms with Gasteiger partial charge in [-0.3, -0.25) is 9.59 Å². The zero-order valence-electron chi connectivity index (χ0n) is 26.3. The molecular weight excluding hydrogens is 558 g/mol. The number of Topliss-reactive ketones (excluding diaryl/α,β-unsaturated/α-hetero) is 1. The van der Waals surface area contributed by atoms with Crippen LogP contribution in [0.5, 0.6) is 0 Å². The smallest absolute Gasteiger partial charge is 0.328 e. The van der Waals surface area contributed by atoms with Crippen LogP contribution in [0.1, 0.15) is 77.7 Å². The van der Waals surface area contributed by atoms with E-state index in [2.05, 4.69) is 35.4 Å². The monoisotopic (exact) mass is 603 g/mol. The van der Waals surface area contributed by atoms with E-state index in [0.29, 0.717) is 24.2 Å². The maximum absolute atomic E-state index is 12.8. The van der Waals surface area contributed by atoms with Gasteiger partial charge in [-0.25, -0.2) is 4.79 Å². The molecule has 0 aliphatic heterocycles. The summed E-state index contributed by atoms with van der Waals surface area (Å²) >= 11 is 0. The number of rotatable bonds is 8. The number of esters is 1. The largest absolute Gasteiger partial charge is 0.467 e. The van der Waals surface area contributed by atoms with Crippen molar-refractivity contribution in [1.29, 1.82) is 0 Å². The second-order valence-electron chi connectivity index (χ2n) is 14.0. The number of hydrogen-bond donors (Lipinski definition) is 3. The SMILES string of the molecule is COC(=O)[C@H](Cc1c[nH]c2ccccc12)NC(=O)CON=C1C=C2CC[C@H]3[C@@H](CC[C@@]4(C)[C@H]3CC[C@]4(O)C(C)=O)[C@@]2(C)CC1. The number of aliphatic hydroxyl groups is 1. The Morgan fingerprint density at radius 2 is 1.86 bits per heavy atom. The first-order valence-electron chi connectivity index (χ1n) is 16.1. The number of allylic oxidation sites excluding steroid dienone is 2. The molecule has 0 bridgehead atoms. The van der Waals surface area contributed by atoms with Gasteiger partial charge in [-0.2, -0.15) is 0 Å². The molecule has 0 radical (unpaired) electrons. The summed E-state index contributed by atoms with van der Waals surface area (Å²) in [6, 6.07) is 6.96. The van der Waals surface area contributed by atoms with Crippen molar-refractivity contribution < 1.29 is 29.1 Å². The average Bonchev–Trinajstić information content (AvgIpc) is 3.54. The minimum Gasteiger partial charge on any atom is -0.467 e. The lowest BCUT2D eigenvalue weighted by molar-refractivity contribution is -0.159. The van der Waals surface area contributed by atoms with Gasteiger partial charge in [-0.15, -0.1) is 0 Å². The van der Waals surface area contributed by atoms with Crippen LogP contribution in [-0.4, -0.2) is 58.8 Å². The second-order valence-corrected chi connectivity index (χ2v) is 14.0. The summed E-state index contributed by atoms with van der Waals surface area (Å²) < 4.78 is 4.95. The van der Waals surface area contributed by atoms with Gasteiger partial charge in [0.15, 0.2) is 12.4 Å². The van der Waals surface area contributed by atoms with E-state index in [4.69, 9.17) is 9.57 Å². The molecule has 7 atom stereocenters. The molecule has 1 amide bonds. The highest BCUT2D eigenvalue weighted by atomic mass is 16.6. The summed E-state index contributed by atoms with van der Waals surface area (Å²) in [4.78, 5) is 46.5. The van der Waals surface area contributed by atoms with Crippen LogP contribution in [0.4, 0.5) is 0 Å². The van der Waals surface area contributed by atoms with Crippen LogP contribution in [0.2, 0.25) is 0 Å². The Kier molecular flexibility index (Phi) is 7.97. The van der Waals surface area contributed by atoms with Crippen molar-refractivity contribution >= 4 is 34.3 Å². The maximum atomic E-state index is 12.8. The highest BCUT2D eigenvalue weighted by Crippen LogP contribution is 2.67. The summed E-state index contributed by atoms with van der Waals surface area (Å²) in [6.07, 6.45) is 11.4. The zero-order chi connectivity index (χ0) is 31.3. The molecule has 4 aliphatic carbocycles. The van der Waals surface area contributed by atoms with Gasteiger partial charge < -0.3 is 25.0 Å². The summed E-state index contributed by atoms with van der Waals surface area (Å²) in [5, 5.41) is 19.5. The van der Waals surface area contributed by atoms with E-state index in [-0.39, 0.29) is 29.6 Å². The fourth-order valence-electron chi connectivity index (χ4n) is 9.50. The van der Waals surface area contributed by atoms with Crippen molar-refractivity contribution in [3.05, 3.63) is 47.7 Å². The van der Waals surface area contributed by atoms with Gasteiger partial charge in [0.05, 0.1) is 12.8 Å². The standard InChI is InChI=1S/C35H45N3O6/c1-21(39)35(42)16-13-28-26-10-9-23-18-24(11-14-33(23,2)27(26)12-15-34(28,35)3)38-44-20-31(40)37-30(32(41)43-4)17-22-19-36-29-8-6-5-7-25(22)29/h5-8,18-19,26-28,30,36,42H,9-17,20H2,1-4H3,(H,37,40)/t26-,27+,28-,30-,33-,34-,35-/m0/s1. The van der Waals surface area contributed by atoms with E-state index in [1.807, 2.05) is 30.5 Å². The van der Waals surface area contributed by atoms with Gasteiger partial charge in [-0.1, -0.05) is 42.8 Å². The number of ketones is 1. The topological polar surface area (TPSA) is 130 Å². The third kappa shape index (κ3) is 4.97. The second kappa shape index (κ2) is 11.5. The lowest BCUT2D eigenvalue weighted by Gasteiger charge is -2.59. The normalized spacial score (nSPS) is 34.3. The molecule has 44 heavy (non-hydrogen) atoms. The number of hydrogen-bond acceptors (Lipinski definition) is 7. The Bertz CT molecular complexity index is 1530. The number of aromatic nitrogens is 1. The highest BCUT2D eigenvalue weighted by molar-refractivity contribution is 5.96. The Hall–Kier alpha value is -3.46. The number of nitrogens with one attached hydrogen (secondary N) is 2. The summed E-state index contributed by atoms with van der Waals surface area (Å²) in [5.41, 5.74) is 2.63. The van der Waals surface area contributed by atoms with Gasteiger partial charge in [0.2, 0.25) is 0 Å². The van der Waals surface area contributed by atoms with E-state index in [0.717, 1.165) is 67.1 Å². The summed E-state index contributed by atoms with van der Waals surface area (Å²) in [7, 11) is 1.31. The predicted octanol–water partition coefficient (Wildman–Crippen LogP) is 5.02. The third-order valence-electron chi connectivity index (χ3n) is 12.0. The molecule has 9 nitrogen and oxygen atoms in total. The number of amides is 1. The van der Waals surface area contributed by atoms with E-state index < -0.39 is 23.5 Å². The number of benzene rings is 1. The van der Waals surface area contributed by atoms with Crippen molar-refractivity contribution in [2.24, 2.45) is 33.7 Å². The van der Waals surface area contributed by atoms with Gasteiger partial charge in [0.1, 0.15) is 11.6 Å². The van der Waals surface area contributed by atoms with Crippen LogP contribution in [0.3, 0.4) is 0 Å². The maximum Gasteiger partial charge on any atom is 0.328 e. The Morgan fingerprint density at radius 3 is 2.64 bits per heavy atom. The fraction of sp³-hybridized carbons (Fsp3) is 0.600. The number of oxime groups is 1. The number of para-hydroxylation sites is 1. The van der Waals surface area contributed by atoms with Gasteiger partial charge in [0.25, 0.3) is 5.91 Å². The number of fused-ring (bicyclic) bond motifs is 6. The molecule has 1 heterocycles. The van der Waals surface area contributed by atoms with Gasteiger partial charge in [-0.05, 0) is 99.2 Å². The van der Waals surface area contributed by atoms with E-state index in [1.54, 1.807) is 6.92 Å². The molecule has 236 valence electrons. The lowest BCUT2D eigenvalue weighted by Crippen LogP contribution is -2.57. The van der Waals surface area contributed by atoms with Crippen molar-refractivity contribution in [1.82, 2.24) is 10.3 Å². The molecule has 9 heteroatoms. The Morgan fingerprint density at radius 1 is 1.09 bits per heavy atom. The summed E-state index contributed by atoms with van der Waals surface area (Å²) in [6.45, 7) is 5.80. The molecule has 0 spiro atoms. The zero-order valence-corrected chi connectivity index (χ0v) is 26.3. The van der Waals surface area contributed by atoms with Gasteiger partial charge >= 0.3 is 5.97 Å². The Balaban J connectivity index is 1.08. The molecule has 2 aromatic rings. The number of carbonyl (C=O) groups excluding carboxylic acids is 3. The minimum atomic E-state index is -1.19. The van der Waals surface area contributed by atoms with E-state index in [1.165, 1.54) is 12.7 Å². The first-order chi connectivity index (χ1) is 21.0. The van der Waals surface area contributed by atoms with Crippen LogP contribution >= 0.6 is 0 Å². The number of nitrogens with zero attached hydrogens (tertiary/aromatic N) is 1. The van der Waals surface area contributed by atoms with Crippen LogP contribution in [-0.2, 0) is 30.4 Å². The first kappa shape index (κ1) is 30.6. The molecule has 1 aromatic heterocycles. The van der Waals surface area contributed by atoms with Crippen LogP contribution in [0.15, 0.2) is 47.3 Å². The highest BCUT2D eigenvalue weighted by Gasteiger charge is 2.65. The average molecular weight is 604 g/mol. The van der Waals surface area contributed by atoms with Crippen molar-refractivity contribution in [3.63, 3.8) is 0 Å². The van der Waals surface area contributed by atoms with Crippen molar-refractivity contribution in [3.8, 4) is 0 Å². The predicted molar refractivity (Wildman–Crippen MR) is 167 cm³/mol. The van der Waals surface area contributed by atoms with E-state index >= 15 is 0 Å². The number of aromatic amines is 1. The lowest BCUT2D eigenvalue weighted by atomic mass is 9.46. The van der Waals surface area contributed by atoms with Gasteiger partial charge in [0, 0.05) is 28.9 Å². The fourth-order valence-corrected chi connectivity index (χ4v) is 9.50. The van der Waals surface area contributed by atoms with Crippen LogP contribution in [0.25, 0.3) is 10.9 Å². The number of ether oxygens (including phenoxy) is 1. The van der Waals surface area contributed by atoms with Crippen LogP contribution in [0, 0.1) is 28.6 Å². The molecular formula is C35H45N3O6. The minimum absolute atomic E-state index is 0.0632. The number of methoxy groups -OCH3 is 1. The molecule has 1 aromatic carbocycles. The molecule has 3 fully saturated rings. The molecule has 0 unspecified atom stereocenters. The van der Waals surface area contributed by atoms with E-state index in [9.17, 15) is 19.5 Å². The van der Waals surface area contributed by atoms with Crippen LogP contribution < -0.4 is 5.32 Å².